The number of carbonyl (C=O) groups excluding carboxylic acids is 1. The van der Waals surface area contributed by atoms with Crippen LogP contribution in [0.2, 0.25) is 0 Å². The van der Waals surface area contributed by atoms with Crippen LogP contribution in [-0.4, -0.2) is 45.4 Å². The van der Waals surface area contributed by atoms with Crippen LogP contribution >= 0.6 is 23.7 Å². The van der Waals surface area contributed by atoms with Gasteiger partial charge in [-0.15, -0.1) is 23.7 Å². The highest BCUT2D eigenvalue weighted by atomic mass is 35.5. The van der Waals surface area contributed by atoms with E-state index in [-0.39, 0.29) is 28.1 Å². The lowest BCUT2D eigenvalue weighted by Crippen LogP contribution is -2.42. The fourth-order valence-corrected chi connectivity index (χ4v) is 5.18. The smallest absolute Gasteiger partial charge is 0.349 e. The molecule has 2 rings (SSSR count). The summed E-state index contributed by atoms with van der Waals surface area (Å²) >= 11 is 1.07. The van der Waals surface area contributed by atoms with Crippen molar-refractivity contribution in [2.75, 3.05) is 26.7 Å². The van der Waals surface area contributed by atoms with Crippen molar-refractivity contribution in [3.05, 3.63) is 16.3 Å². The third-order valence-electron chi connectivity index (χ3n) is 3.43. The number of hydrogen-bond acceptors (Lipinski definition) is 6. The zero-order valence-corrected chi connectivity index (χ0v) is 14.1. The fourth-order valence-electron chi connectivity index (χ4n) is 2.32. The molecule has 21 heavy (non-hydrogen) atoms. The summed E-state index contributed by atoms with van der Waals surface area (Å²) in [6.07, 6.45) is 1.73. The first-order chi connectivity index (χ1) is 9.50. The van der Waals surface area contributed by atoms with E-state index in [2.05, 4.69) is 4.74 Å². The Morgan fingerprint density at radius 2 is 2.29 bits per heavy atom. The third kappa shape index (κ3) is 3.75. The van der Waals surface area contributed by atoms with E-state index in [1.165, 1.54) is 17.5 Å². The minimum atomic E-state index is -3.66. The number of thiophene rings is 1. The van der Waals surface area contributed by atoms with Gasteiger partial charge in [-0.05, 0) is 36.8 Å². The van der Waals surface area contributed by atoms with Crippen molar-refractivity contribution in [2.45, 2.75) is 17.7 Å². The molecule has 120 valence electrons. The molecule has 1 atom stereocenters. The number of methoxy groups -OCH3 is 1. The fraction of sp³-hybridized carbons (Fsp3) is 0.583. The Balaban J connectivity index is 0.00000220. The maximum Gasteiger partial charge on any atom is 0.349 e. The minimum absolute atomic E-state index is 0. The lowest BCUT2D eigenvalue weighted by molar-refractivity contribution is 0.0602. The van der Waals surface area contributed by atoms with Crippen molar-refractivity contribution in [3.8, 4) is 0 Å². The normalized spacial score (nSPS) is 19.8. The van der Waals surface area contributed by atoms with Gasteiger partial charge in [0.25, 0.3) is 0 Å². The van der Waals surface area contributed by atoms with E-state index < -0.39 is 16.0 Å². The molecule has 2 heterocycles. The molecule has 0 spiro atoms. The number of sulfonamides is 1. The summed E-state index contributed by atoms with van der Waals surface area (Å²) in [7, 11) is -2.42. The van der Waals surface area contributed by atoms with Crippen molar-refractivity contribution >= 4 is 39.7 Å². The number of hydrogen-bond donors (Lipinski definition) is 1. The standard InChI is InChI=1S/C12H18N2O4S2.ClH/c1-18-12(15)11-10(4-6-19-11)20(16,17)14-5-2-3-9(7-13)8-14;/h4,6,9H,2-3,5,7-8,13H2,1H3;1H. The average Bonchev–Trinajstić information content (AvgIpc) is 2.96. The third-order valence-corrected chi connectivity index (χ3v) is 6.36. The molecule has 9 heteroatoms. The van der Waals surface area contributed by atoms with Crippen molar-refractivity contribution in [2.24, 2.45) is 11.7 Å². The molecule has 1 aromatic heterocycles. The number of rotatable bonds is 4. The summed E-state index contributed by atoms with van der Waals surface area (Å²) in [6.45, 7) is 1.35. The van der Waals surface area contributed by atoms with Crippen LogP contribution in [-0.2, 0) is 14.8 Å². The Morgan fingerprint density at radius 3 is 2.90 bits per heavy atom. The molecule has 0 amide bonds. The summed E-state index contributed by atoms with van der Waals surface area (Å²) in [5.74, 6) is -0.440. The molecule has 0 bridgehead atoms. The number of halogens is 1. The van der Waals surface area contributed by atoms with Crippen LogP contribution in [0.3, 0.4) is 0 Å². The average molecular weight is 355 g/mol. The number of nitrogens with two attached hydrogens (primary N) is 1. The second kappa shape index (κ2) is 7.55. The zero-order chi connectivity index (χ0) is 14.8. The van der Waals surface area contributed by atoms with Gasteiger partial charge in [0.1, 0.15) is 9.77 Å². The summed E-state index contributed by atoms with van der Waals surface area (Å²) < 4.78 is 31.3. The first-order valence-corrected chi connectivity index (χ1v) is 8.68. The van der Waals surface area contributed by atoms with Crippen LogP contribution in [0.15, 0.2) is 16.3 Å². The summed E-state index contributed by atoms with van der Waals surface area (Å²) in [4.78, 5) is 11.8. The molecule has 2 N–H and O–H groups in total. The maximum absolute atomic E-state index is 12.6. The van der Waals surface area contributed by atoms with E-state index >= 15 is 0 Å². The molecule has 0 aromatic carbocycles. The molecule has 1 aromatic rings. The quantitative estimate of drug-likeness (QED) is 0.823. The van der Waals surface area contributed by atoms with Crippen molar-refractivity contribution < 1.29 is 17.9 Å². The summed E-state index contributed by atoms with van der Waals surface area (Å²) in [5.41, 5.74) is 5.63. The number of nitrogens with zero attached hydrogens (tertiary/aromatic N) is 1. The van der Waals surface area contributed by atoms with Crippen LogP contribution < -0.4 is 5.73 Å². The van der Waals surface area contributed by atoms with Crippen molar-refractivity contribution in [1.82, 2.24) is 4.31 Å². The second-order valence-corrected chi connectivity index (χ2v) is 7.54. The van der Waals surface area contributed by atoms with Crippen LogP contribution in [0.5, 0.6) is 0 Å². The molecule has 1 saturated heterocycles. The Kier molecular flexibility index (Phi) is 6.61. The van der Waals surface area contributed by atoms with E-state index in [1.54, 1.807) is 5.38 Å². The molecule has 1 aliphatic heterocycles. The van der Waals surface area contributed by atoms with Crippen LogP contribution in [0.25, 0.3) is 0 Å². The molecule has 0 saturated carbocycles. The SMILES string of the molecule is COC(=O)c1sccc1S(=O)(=O)N1CCCC(CN)C1.Cl. The Labute approximate surface area is 134 Å². The van der Waals surface area contributed by atoms with Gasteiger partial charge in [-0.25, -0.2) is 13.2 Å². The monoisotopic (exact) mass is 354 g/mol. The number of piperidine rings is 1. The Morgan fingerprint density at radius 1 is 1.57 bits per heavy atom. The van der Waals surface area contributed by atoms with Gasteiger partial charge in [-0.3, -0.25) is 0 Å². The first-order valence-electron chi connectivity index (χ1n) is 6.36. The lowest BCUT2D eigenvalue weighted by Gasteiger charge is -2.31. The second-order valence-electron chi connectivity index (χ2n) is 4.71. The van der Waals surface area contributed by atoms with Crippen LogP contribution in [0.1, 0.15) is 22.5 Å². The largest absolute Gasteiger partial charge is 0.465 e. The van der Waals surface area contributed by atoms with Crippen molar-refractivity contribution in [1.29, 1.82) is 0 Å². The molecular formula is C12H19ClN2O4S2. The van der Waals surface area contributed by atoms with E-state index in [1.807, 2.05) is 0 Å². The molecule has 1 aliphatic rings. The number of carbonyl (C=O) groups is 1. The van der Waals surface area contributed by atoms with E-state index in [0.717, 1.165) is 24.2 Å². The molecule has 1 unspecified atom stereocenters. The highest BCUT2D eigenvalue weighted by molar-refractivity contribution is 7.89. The lowest BCUT2D eigenvalue weighted by atomic mass is 10.0. The van der Waals surface area contributed by atoms with Gasteiger partial charge in [0, 0.05) is 13.1 Å². The van der Waals surface area contributed by atoms with E-state index in [0.29, 0.717) is 19.6 Å². The maximum atomic E-state index is 12.6. The summed E-state index contributed by atoms with van der Waals surface area (Å²) in [6, 6.07) is 1.46. The molecule has 6 nitrogen and oxygen atoms in total. The predicted molar refractivity (Wildman–Crippen MR) is 83.4 cm³/mol. The van der Waals surface area contributed by atoms with Gasteiger partial charge in [0.15, 0.2) is 0 Å². The van der Waals surface area contributed by atoms with E-state index in [4.69, 9.17) is 5.73 Å². The molecule has 1 fully saturated rings. The van der Waals surface area contributed by atoms with Gasteiger partial charge < -0.3 is 10.5 Å². The molecule has 0 radical (unpaired) electrons. The zero-order valence-electron chi connectivity index (χ0n) is 11.6. The van der Waals surface area contributed by atoms with Crippen LogP contribution in [0.4, 0.5) is 0 Å². The first kappa shape index (κ1) is 18.4. The van der Waals surface area contributed by atoms with Gasteiger partial charge in [0.2, 0.25) is 10.0 Å². The van der Waals surface area contributed by atoms with Crippen molar-refractivity contribution in [3.63, 3.8) is 0 Å². The molecule has 0 aliphatic carbocycles. The van der Waals surface area contributed by atoms with E-state index in [9.17, 15) is 13.2 Å². The number of esters is 1. The Bertz CT molecular complexity index is 588. The predicted octanol–water partition coefficient (Wildman–Crippen LogP) is 1.32. The van der Waals surface area contributed by atoms with Crippen LogP contribution in [0, 0.1) is 5.92 Å². The van der Waals surface area contributed by atoms with Gasteiger partial charge in [0.05, 0.1) is 7.11 Å². The van der Waals surface area contributed by atoms with Gasteiger partial charge >= 0.3 is 5.97 Å². The minimum Gasteiger partial charge on any atom is -0.465 e. The number of ether oxygens (including phenoxy) is 1. The Hall–Kier alpha value is -0.670. The van der Waals surface area contributed by atoms with Gasteiger partial charge in [-0.1, -0.05) is 0 Å². The highest BCUT2D eigenvalue weighted by Gasteiger charge is 2.33. The topological polar surface area (TPSA) is 89.7 Å². The molecular weight excluding hydrogens is 336 g/mol. The summed E-state index contributed by atoms with van der Waals surface area (Å²) in [5, 5.41) is 1.59. The van der Waals surface area contributed by atoms with Gasteiger partial charge in [-0.2, -0.15) is 4.31 Å². The highest BCUT2D eigenvalue weighted by Crippen LogP contribution is 2.28.